The Morgan fingerprint density at radius 3 is 2.32 bits per heavy atom. The molecule has 19 heavy (non-hydrogen) atoms. The van der Waals surface area contributed by atoms with Crippen LogP contribution in [0.5, 0.6) is 0 Å². The second kappa shape index (κ2) is 6.17. The SMILES string of the molecule is CN(C)C(c1ccc(C(=O)O)cc1)C1CCOCC1. The summed E-state index contributed by atoms with van der Waals surface area (Å²) in [6, 6.07) is 7.57. The lowest BCUT2D eigenvalue weighted by atomic mass is 9.86. The van der Waals surface area contributed by atoms with Crippen molar-refractivity contribution in [1.29, 1.82) is 0 Å². The molecule has 1 aliphatic heterocycles. The summed E-state index contributed by atoms with van der Waals surface area (Å²) in [6.07, 6.45) is 2.12. The summed E-state index contributed by atoms with van der Waals surface area (Å²) in [5.41, 5.74) is 1.52. The molecule has 1 aliphatic rings. The van der Waals surface area contributed by atoms with Crippen LogP contribution in [0, 0.1) is 5.92 Å². The molecular weight excluding hydrogens is 242 g/mol. The third-order valence-electron chi connectivity index (χ3n) is 3.77. The number of benzene rings is 1. The van der Waals surface area contributed by atoms with Gasteiger partial charge >= 0.3 is 5.97 Å². The predicted molar refractivity (Wildman–Crippen MR) is 73.4 cm³/mol. The summed E-state index contributed by atoms with van der Waals surface area (Å²) in [5, 5.41) is 8.95. The van der Waals surface area contributed by atoms with Crippen molar-refractivity contribution in [3.05, 3.63) is 35.4 Å². The monoisotopic (exact) mass is 263 g/mol. The zero-order valence-corrected chi connectivity index (χ0v) is 11.5. The topological polar surface area (TPSA) is 49.8 Å². The summed E-state index contributed by atoms with van der Waals surface area (Å²) in [5.74, 6) is -0.307. The first-order chi connectivity index (χ1) is 9.09. The molecule has 1 aromatic carbocycles. The highest BCUT2D eigenvalue weighted by molar-refractivity contribution is 5.87. The van der Waals surface area contributed by atoms with E-state index in [1.54, 1.807) is 12.1 Å². The van der Waals surface area contributed by atoms with Gasteiger partial charge in [-0.3, -0.25) is 0 Å². The van der Waals surface area contributed by atoms with E-state index in [4.69, 9.17) is 9.84 Å². The van der Waals surface area contributed by atoms with Crippen LogP contribution in [0.4, 0.5) is 0 Å². The number of carboxylic acids is 1. The molecule has 0 radical (unpaired) electrons. The molecule has 4 heteroatoms. The Hall–Kier alpha value is -1.39. The maximum atomic E-state index is 10.9. The smallest absolute Gasteiger partial charge is 0.335 e. The zero-order valence-electron chi connectivity index (χ0n) is 11.5. The molecular formula is C15H21NO3. The number of hydrogen-bond acceptors (Lipinski definition) is 3. The quantitative estimate of drug-likeness (QED) is 0.906. The summed E-state index contributed by atoms with van der Waals surface area (Å²) < 4.78 is 5.42. The molecule has 0 aliphatic carbocycles. The van der Waals surface area contributed by atoms with E-state index in [2.05, 4.69) is 19.0 Å². The lowest BCUT2D eigenvalue weighted by Gasteiger charge is -2.35. The van der Waals surface area contributed by atoms with Crippen LogP contribution in [0.1, 0.15) is 34.8 Å². The number of carbonyl (C=O) groups is 1. The number of aromatic carboxylic acids is 1. The molecule has 1 heterocycles. The van der Waals surface area contributed by atoms with E-state index >= 15 is 0 Å². The van der Waals surface area contributed by atoms with Crippen molar-refractivity contribution < 1.29 is 14.6 Å². The Morgan fingerprint density at radius 1 is 1.26 bits per heavy atom. The Bertz CT molecular complexity index is 422. The van der Waals surface area contributed by atoms with Crippen molar-refractivity contribution in [2.24, 2.45) is 5.92 Å². The van der Waals surface area contributed by atoms with E-state index in [9.17, 15) is 4.79 Å². The van der Waals surface area contributed by atoms with Gasteiger partial charge < -0.3 is 14.7 Å². The van der Waals surface area contributed by atoms with Gasteiger partial charge in [0.25, 0.3) is 0 Å². The van der Waals surface area contributed by atoms with Gasteiger partial charge in [0.05, 0.1) is 5.56 Å². The van der Waals surface area contributed by atoms with E-state index in [-0.39, 0.29) is 0 Å². The fraction of sp³-hybridized carbons (Fsp3) is 0.533. The van der Waals surface area contributed by atoms with Crippen LogP contribution < -0.4 is 0 Å². The Morgan fingerprint density at radius 2 is 1.84 bits per heavy atom. The first-order valence-corrected chi connectivity index (χ1v) is 6.67. The molecule has 1 unspecified atom stereocenters. The molecule has 0 amide bonds. The average Bonchev–Trinajstić information content (AvgIpc) is 2.40. The highest BCUT2D eigenvalue weighted by Crippen LogP contribution is 2.33. The van der Waals surface area contributed by atoms with Crippen LogP contribution in [-0.4, -0.2) is 43.3 Å². The predicted octanol–water partition coefficient (Wildman–Crippen LogP) is 2.41. The Labute approximate surface area is 114 Å². The van der Waals surface area contributed by atoms with E-state index in [1.807, 2.05) is 12.1 Å². The fourth-order valence-electron chi connectivity index (χ4n) is 2.85. The second-order valence-corrected chi connectivity index (χ2v) is 5.29. The fourth-order valence-corrected chi connectivity index (χ4v) is 2.85. The molecule has 0 aromatic heterocycles. The van der Waals surface area contributed by atoms with Gasteiger partial charge in [0.1, 0.15) is 0 Å². The summed E-state index contributed by atoms with van der Waals surface area (Å²) in [6.45, 7) is 1.64. The maximum absolute atomic E-state index is 10.9. The third-order valence-corrected chi connectivity index (χ3v) is 3.77. The third kappa shape index (κ3) is 3.33. The van der Waals surface area contributed by atoms with Crippen molar-refractivity contribution in [2.75, 3.05) is 27.3 Å². The molecule has 1 fully saturated rings. The van der Waals surface area contributed by atoms with Gasteiger partial charge in [0, 0.05) is 19.3 Å². The average molecular weight is 263 g/mol. The molecule has 0 spiro atoms. The van der Waals surface area contributed by atoms with Crippen LogP contribution in [-0.2, 0) is 4.74 Å². The van der Waals surface area contributed by atoms with Gasteiger partial charge in [-0.1, -0.05) is 12.1 Å². The Balaban J connectivity index is 2.20. The molecule has 1 N–H and O–H groups in total. The van der Waals surface area contributed by atoms with E-state index in [0.29, 0.717) is 17.5 Å². The molecule has 4 nitrogen and oxygen atoms in total. The normalized spacial score (nSPS) is 18.5. The first kappa shape index (κ1) is 14.0. The Kier molecular flexibility index (Phi) is 4.56. The van der Waals surface area contributed by atoms with Crippen LogP contribution >= 0.6 is 0 Å². The number of carboxylic acid groups (broad SMARTS) is 1. The minimum absolute atomic E-state index is 0.326. The first-order valence-electron chi connectivity index (χ1n) is 6.67. The van der Waals surface area contributed by atoms with Crippen LogP contribution in [0.2, 0.25) is 0 Å². The molecule has 0 saturated carbocycles. The molecule has 104 valence electrons. The van der Waals surface area contributed by atoms with Crippen molar-refractivity contribution in [2.45, 2.75) is 18.9 Å². The van der Waals surface area contributed by atoms with Crippen LogP contribution in [0.15, 0.2) is 24.3 Å². The highest BCUT2D eigenvalue weighted by Gasteiger charge is 2.27. The minimum atomic E-state index is -0.876. The number of nitrogens with zero attached hydrogens (tertiary/aromatic N) is 1. The largest absolute Gasteiger partial charge is 0.478 e. The van der Waals surface area contributed by atoms with Gasteiger partial charge in [-0.15, -0.1) is 0 Å². The van der Waals surface area contributed by atoms with Crippen molar-refractivity contribution in [3.63, 3.8) is 0 Å². The van der Waals surface area contributed by atoms with Crippen molar-refractivity contribution in [1.82, 2.24) is 4.90 Å². The number of hydrogen-bond donors (Lipinski definition) is 1. The molecule has 0 bridgehead atoms. The molecule has 1 atom stereocenters. The number of ether oxygens (including phenoxy) is 1. The standard InChI is InChI=1S/C15H21NO3/c1-16(2)14(12-7-9-19-10-8-12)11-3-5-13(6-4-11)15(17)18/h3-6,12,14H,7-10H2,1-2H3,(H,17,18). The maximum Gasteiger partial charge on any atom is 0.335 e. The van der Waals surface area contributed by atoms with Gasteiger partial charge in [-0.05, 0) is 50.6 Å². The number of rotatable bonds is 4. The van der Waals surface area contributed by atoms with Crippen LogP contribution in [0.25, 0.3) is 0 Å². The summed E-state index contributed by atoms with van der Waals surface area (Å²) in [4.78, 5) is 13.1. The lowest BCUT2D eigenvalue weighted by molar-refractivity contribution is 0.0364. The van der Waals surface area contributed by atoms with Crippen molar-refractivity contribution in [3.8, 4) is 0 Å². The summed E-state index contributed by atoms with van der Waals surface area (Å²) >= 11 is 0. The summed E-state index contributed by atoms with van der Waals surface area (Å²) in [7, 11) is 4.15. The molecule has 1 aromatic rings. The minimum Gasteiger partial charge on any atom is -0.478 e. The van der Waals surface area contributed by atoms with E-state index < -0.39 is 5.97 Å². The van der Waals surface area contributed by atoms with E-state index in [1.165, 1.54) is 5.56 Å². The van der Waals surface area contributed by atoms with E-state index in [0.717, 1.165) is 26.1 Å². The molecule has 2 rings (SSSR count). The van der Waals surface area contributed by atoms with Gasteiger partial charge in [0.15, 0.2) is 0 Å². The van der Waals surface area contributed by atoms with Crippen LogP contribution in [0.3, 0.4) is 0 Å². The van der Waals surface area contributed by atoms with Crippen molar-refractivity contribution >= 4 is 5.97 Å². The molecule has 1 saturated heterocycles. The van der Waals surface area contributed by atoms with Gasteiger partial charge in [0.2, 0.25) is 0 Å². The van der Waals surface area contributed by atoms with Gasteiger partial charge in [-0.2, -0.15) is 0 Å². The second-order valence-electron chi connectivity index (χ2n) is 5.29. The van der Waals surface area contributed by atoms with Gasteiger partial charge in [-0.25, -0.2) is 4.79 Å². The lowest BCUT2D eigenvalue weighted by Crippen LogP contribution is -2.31. The highest BCUT2D eigenvalue weighted by atomic mass is 16.5. The zero-order chi connectivity index (χ0) is 13.8.